The molecule has 6 rings (SSSR count). The molecule has 3 aliphatic rings. The molecular weight excluding hydrogens is 642 g/mol. The molecule has 0 N–H and O–H groups in total. The number of benzene rings is 2. The van der Waals surface area contributed by atoms with Crippen molar-refractivity contribution in [3.8, 4) is 45.8 Å². The maximum Gasteiger partial charge on any atom is 0.203 e. The summed E-state index contributed by atoms with van der Waals surface area (Å²) >= 11 is 0. The summed E-state index contributed by atoms with van der Waals surface area (Å²) in [5, 5.41) is 0. The Morgan fingerprint density at radius 2 is 1.39 bits per heavy atom. The molecule has 3 atom stereocenters. The van der Waals surface area contributed by atoms with Gasteiger partial charge in [-0.2, -0.15) is 0 Å². The minimum atomic E-state index is 0.232. The molecule has 9 nitrogen and oxygen atoms in total. The number of rotatable bonds is 15. The van der Waals surface area contributed by atoms with Crippen LogP contribution >= 0.6 is 0 Å². The van der Waals surface area contributed by atoms with Crippen LogP contribution in [0.5, 0.6) is 34.5 Å². The van der Waals surface area contributed by atoms with Crippen LogP contribution in [0.4, 0.5) is 0 Å². The van der Waals surface area contributed by atoms with E-state index < -0.39 is 0 Å². The van der Waals surface area contributed by atoms with Crippen molar-refractivity contribution < 1.29 is 28.4 Å². The third-order valence-corrected chi connectivity index (χ3v) is 11.4. The smallest absolute Gasteiger partial charge is 0.203 e. The van der Waals surface area contributed by atoms with Crippen LogP contribution in [0.25, 0.3) is 11.3 Å². The second kappa shape index (κ2) is 16.0. The first-order valence-corrected chi connectivity index (χ1v) is 18.2. The highest BCUT2D eigenvalue weighted by Gasteiger charge is 2.51. The van der Waals surface area contributed by atoms with E-state index in [2.05, 4.69) is 66.1 Å². The zero-order valence-corrected chi connectivity index (χ0v) is 31.7. The lowest BCUT2D eigenvalue weighted by Gasteiger charge is -2.46. The predicted octanol–water partition coefficient (Wildman–Crippen LogP) is 7.78. The van der Waals surface area contributed by atoms with E-state index in [4.69, 9.17) is 33.4 Å². The summed E-state index contributed by atoms with van der Waals surface area (Å²) in [5.41, 5.74) is 6.03. The molecule has 1 aromatic heterocycles. The van der Waals surface area contributed by atoms with E-state index in [1.54, 1.807) is 42.7 Å². The molecule has 3 aromatic rings. The van der Waals surface area contributed by atoms with Gasteiger partial charge in [-0.05, 0) is 90.1 Å². The molecule has 2 unspecified atom stereocenters. The maximum absolute atomic E-state index is 5.73. The van der Waals surface area contributed by atoms with Crippen LogP contribution < -0.4 is 28.4 Å². The topological polar surface area (TPSA) is 74.8 Å². The monoisotopic (exact) mass is 697 g/mol. The van der Waals surface area contributed by atoms with Gasteiger partial charge in [0, 0.05) is 56.4 Å². The first-order chi connectivity index (χ1) is 24.8. The molecule has 2 aliphatic carbocycles. The zero-order chi connectivity index (χ0) is 36.1. The van der Waals surface area contributed by atoms with E-state index in [9.17, 15) is 0 Å². The summed E-state index contributed by atoms with van der Waals surface area (Å²) in [6.07, 6.45) is 14.1. The summed E-state index contributed by atoms with van der Waals surface area (Å²) < 4.78 is 33.9. The van der Waals surface area contributed by atoms with Gasteiger partial charge in [0.2, 0.25) is 11.5 Å². The maximum atomic E-state index is 5.73. The summed E-state index contributed by atoms with van der Waals surface area (Å²) in [6.45, 7) is 9.59. The van der Waals surface area contributed by atoms with Crippen molar-refractivity contribution in [2.75, 3.05) is 68.8 Å². The summed E-state index contributed by atoms with van der Waals surface area (Å²) in [4.78, 5) is 10.1. The third kappa shape index (κ3) is 7.56. The van der Waals surface area contributed by atoms with Crippen LogP contribution in [0.15, 0.2) is 66.4 Å². The van der Waals surface area contributed by atoms with Crippen LogP contribution in [0.3, 0.4) is 0 Å². The van der Waals surface area contributed by atoms with Crippen LogP contribution in [-0.4, -0.2) is 89.7 Å². The lowest BCUT2D eigenvalue weighted by molar-refractivity contribution is 0.0345. The second-order valence-corrected chi connectivity index (χ2v) is 14.1. The molecular formula is C42H55N3O6. The van der Waals surface area contributed by atoms with Gasteiger partial charge in [-0.25, -0.2) is 0 Å². The fourth-order valence-corrected chi connectivity index (χ4v) is 8.24. The van der Waals surface area contributed by atoms with Crippen molar-refractivity contribution in [2.45, 2.75) is 58.0 Å². The number of piperazine rings is 1. The lowest BCUT2D eigenvalue weighted by Crippen LogP contribution is -2.56. The van der Waals surface area contributed by atoms with E-state index >= 15 is 0 Å². The Morgan fingerprint density at radius 1 is 0.765 bits per heavy atom. The molecule has 51 heavy (non-hydrogen) atoms. The molecule has 1 aliphatic heterocycles. The van der Waals surface area contributed by atoms with Gasteiger partial charge >= 0.3 is 0 Å². The molecule has 2 aromatic carbocycles. The Balaban J connectivity index is 1.21. The largest absolute Gasteiger partial charge is 0.493 e. The van der Waals surface area contributed by atoms with Gasteiger partial charge < -0.3 is 28.4 Å². The first-order valence-electron chi connectivity index (χ1n) is 18.2. The van der Waals surface area contributed by atoms with Crippen molar-refractivity contribution in [1.82, 2.24) is 14.8 Å². The summed E-state index contributed by atoms with van der Waals surface area (Å²) in [7, 11) is 9.93. The number of methoxy groups -OCH3 is 6. The molecule has 0 radical (unpaired) electrons. The standard InChI is InChI=1S/C42H55N3O6/c1-9-30-12-11-28(19-33(30)31-21-35(46-3)40(50-7)36(22-31)47-4)26-45-18-17-44(27-39(45)42(10-2)14-15-42)25-29-13-16-43-34(20-29)32-23-37(48-5)41(51-8)38(24-32)49-6/h11-13,16,19-24,30,33,39H,9-10,14-15,17-18,25-27H2,1-8H3/t30?,33?,39-/m1/s1. The van der Waals surface area contributed by atoms with E-state index in [-0.39, 0.29) is 5.92 Å². The quantitative estimate of drug-likeness (QED) is 0.158. The zero-order valence-electron chi connectivity index (χ0n) is 31.7. The van der Waals surface area contributed by atoms with E-state index in [0.717, 1.165) is 50.4 Å². The number of aromatic nitrogens is 1. The number of ether oxygens (including phenoxy) is 6. The SMILES string of the molecule is CCC1C=CC(CN2CCN(Cc3ccnc(-c4cc(OC)c(OC)c(OC)c4)c3)C[C@@H]2C2(CC)CC2)=CC1c1cc(OC)c(OC)c(OC)c1. The highest BCUT2D eigenvalue weighted by atomic mass is 16.5. The minimum absolute atomic E-state index is 0.232. The van der Waals surface area contributed by atoms with Crippen molar-refractivity contribution in [2.24, 2.45) is 11.3 Å². The van der Waals surface area contributed by atoms with Gasteiger partial charge in [-0.1, -0.05) is 32.1 Å². The van der Waals surface area contributed by atoms with Crippen molar-refractivity contribution in [1.29, 1.82) is 0 Å². The first kappa shape index (κ1) is 36.6. The minimum Gasteiger partial charge on any atom is -0.493 e. The molecule has 0 bridgehead atoms. The molecule has 2 fully saturated rings. The Labute approximate surface area is 304 Å². The Kier molecular flexibility index (Phi) is 11.5. The van der Waals surface area contributed by atoms with Crippen LogP contribution in [-0.2, 0) is 6.54 Å². The second-order valence-electron chi connectivity index (χ2n) is 14.1. The van der Waals surface area contributed by atoms with Crippen LogP contribution in [0.2, 0.25) is 0 Å². The number of pyridine rings is 1. The number of allylic oxidation sites excluding steroid dienone is 2. The van der Waals surface area contributed by atoms with Crippen molar-refractivity contribution >= 4 is 0 Å². The van der Waals surface area contributed by atoms with Crippen LogP contribution in [0.1, 0.15) is 56.6 Å². The van der Waals surface area contributed by atoms with Gasteiger partial charge in [0.25, 0.3) is 0 Å². The van der Waals surface area contributed by atoms with Gasteiger partial charge in [0.1, 0.15) is 0 Å². The molecule has 274 valence electrons. The predicted molar refractivity (Wildman–Crippen MR) is 202 cm³/mol. The van der Waals surface area contributed by atoms with E-state index in [1.807, 2.05) is 18.3 Å². The van der Waals surface area contributed by atoms with Gasteiger partial charge in [-0.15, -0.1) is 0 Å². The van der Waals surface area contributed by atoms with E-state index in [0.29, 0.717) is 51.9 Å². The van der Waals surface area contributed by atoms with Gasteiger partial charge in [0.05, 0.1) is 48.4 Å². The number of hydrogen-bond acceptors (Lipinski definition) is 9. The van der Waals surface area contributed by atoms with E-state index in [1.165, 1.54) is 36.0 Å². The molecule has 2 heterocycles. The summed E-state index contributed by atoms with van der Waals surface area (Å²) in [6, 6.07) is 13.0. The molecule has 1 saturated carbocycles. The van der Waals surface area contributed by atoms with Crippen molar-refractivity contribution in [3.05, 3.63) is 77.5 Å². The lowest BCUT2D eigenvalue weighted by atomic mass is 9.79. The average molecular weight is 698 g/mol. The fourth-order valence-electron chi connectivity index (χ4n) is 8.24. The Morgan fingerprint density at radius 3 is 1.94 bits per heavy atom. The highest BCUT2D eigenvalue weighted by Crippen LogP contribution is 2.54. The fraction of sp³-hybridized carbons (Fsp3) is 0.500. The average Bonchev–Trinajstić information content (AvgIpc) is 3.98. The Bertz CT molecular complexity index is 1680. The Hall–Kier alpha value is -4.21. The van der Waals surface area contributed by atoms with Crippen LogP contribution in [0, 0.1) is 11.3 Å². The third-order valence-electron chi connectivity index (χ3n) is 11.4. The van der Waals surface area contributed by atoms with Crippen molar-refractivity contribution in [3.63, 3.8) is 0 Å². The highest BCUT2D eigenvalue weighted by molar-refractivity contribution is 5.69. The van der Waals surface area contributed by atoms with Gasteiger partial charge in [-0.3, -0.25) is 14.8 Å². The molecule has 9 heteroatoms. The molecule has 1 saturated heterocycles. The molecule has 0 spiro atoms. The number of nitrogens with zero attached hydrogens (tertiary/aromatic N) is 3. The summed E-state index contributed by atoms with van der Waals surface area (Å²) in [5.74, 6) is 4.49. The number of hydrogen-bond donors (Lipinski definition) is 0. The normalized spacial score (nSPS) is 21.5. The molecule has 0 amide bonds. The van der Waals surface area contributed by atoms with Gasteiger partial charge in [0.15, 0.2) is 23.0 Å².